The lowest BCUT2D eigenvalue weighted by Crippen LogP contribution is -2.02. The number of ketones is 1. The molecule has 0 spiro atoms. The Morgan fingerprint density at radius 1 is 0.938 bits per heavy atom. The molecule has 0 bridgehead atoms. The molecular weight excluding hydrogens is 416 g/mol. The van der Waals surface area contributed by atoms with E-state index in [1.807, 2.05) is 48.8 Å². The maximum atomic E-state index is 13.5. The van der Waals surface area contributed by atoms with Crippen LogP contribution in [0.3, 0.4) is 0 Å². The molecule has 2 heterocycles. The molecule has 5 rings (SSSR count). The Morgan fingerprint density at radius 2 is 1.75 bits per heavy atom. The van der Waals surface area contributed by atoms with Crippen molar-refractivity contribution in [3.05, 3.63) is 111 Å². The standard InChI is InChI=1S/C27H22N2O2S/c1-18-27(32-17-29-18)25-22-10-9-21(31-15-5-8-19-6-3-2-4-7-19)16-23(22)26(30)24(25)20-11-13-28-14-12-20/h2-4,6-7,9-14,16-17H,5,8,15H2,1H3. The van der Waals surface area contributed by atoms with E-state index in [4.69, 9.17) is 4.74 Å². The quantitative estimate of drug-likeness (QED) is 0.331. The maximum absolute atomic E-state index is 13.5. The number of carbonyl (C=O) groups excluding carboxylic acids is 1. The highest BCUT2D eigenvalue weighted by Gasteiger charge is 2.33. The number of hydrogen-bond acceptors (Lipinski definition) is 5. The number of ether oxygens (including phenoxy) is 1. The average Bonchev–Trinajstić information content (AvgIpc) is 3.38. The van der Waals surface area contributed by atoms with Crippen LogP contribution in [-0.4, -0.2) is 22.4 Å². The summed E-state index contributed by atoms with van der Waals surface area (Å²) >= 11 is 1.56. The molecule has 5 heteroatoms. The Hall–Kier alpha value is -3.57. The molecule has 0 fully saturated rings. The van der Waals surface area contributed by atoms with Gasteiger partial charge in [0.2, 0.25) is 0 Å². The summed E-state index contributed by atoms with van der Waals surface area (Å²) in [5.41, 5.74) is 8.20. The van der Waals surface area contributed by atoms with Crippen LogP contribution in [0.25, 0.3) is 11.1 Å². The van der Waals surface area contributed by atoms with Gasteiger partial charge >= 0.3 is 0 Å². The van der Waals surface area contributed by atoms with Gasteiger partial charge in [-0.05, 0) is 66.8 Å². The number of rotatable bonds is 7. The van der Waals surface area contributed by atoms with Gasteiger partial charge in [-0.1, -0.05) is 30.3 Å². The summed E-state index contributed by atoms with van der Waals surface area (Å²) in [5.74, 6) is 0.741. The first-order valence-corrected chi connectivity index (χ1v) is 11.5. The van der Waals surface area contributed by atoms with E-state index in [0.29, 0.717) is 17.7 Å². The summed E-state index contributed by atoms with van der Waals surface area (Å²) < 4.78 is 6.00. The summed E-state index contributed by atoms with van der Waals surface area (Å²) in [6, 6.07) is 20.0. The number of benzene rings is 2. The van der Waals surface area contributed by atoms with Gasteiger partial charge in [0.15, 0.2) is 5.78 Å². The zero-order chi connectivity index (χ0) is 21.9. The van der Waals surface area contributed by atoms with Crippen molar-refractivity contribution >= 4 is 28.3 Å². The molecule has 2 aromatic heterocycles. The Balaban J connectivity index is 1.42. The molecule has 0 atom stereocenters. The van der Waals surface area contributed by atoms with E-state index in [2.05, 4.69) is 34.2 Å². The highest BCUT2D eigenvalue weighted by Crippen LogP contribution is 2.45. The van der Waals surface area contributed by atoms with Crippen LogP contribution >= 0.6 is 11.3 Å². The highest BCUT2D eigenvalue weighted by molar-refractivity contribution is 7.11. The zero-order valence-electron chi connectivity index (χ0n) is 17.7. The van der Waals surface area contributed by atoms with Gasteiger partial charge in [-0.25, -0.2) is 4.98 Å². The van der Waals surface area contributed by atoms with Crippen molar-refractivity contribution in [2.75, 3.05) is 6.61 Å². The van der Waals surface area contributed by atoms with E-state index in [9.17, 15) is 4.79 Å². The third-order valence-electron chi connectivity index (χ3n) is 5.64. The van der Waals surface area contributed by atoms with E-state index in [-0.39, 0.29) is 5.78 Å². The van der Waals surface area contributed by atoms with Crippen LogP contribution in [0, 0.1) is 6.92 Å². The van der Waals surface area contributed by atoms with Crippen LogP contribution in [0.2, 0.25) is 0 Å². The van der Waals surface area contributed by atoms with Crippen LogP contribution in [0.15, 0.2) is 78.6 Å². The second-order valence-electron chi connectivity index (χ2n) is 7.73. The van der Waals surface area contributed by atoms with Gasteiger partial charge in [-0.2, -0.15) is 0 Å². The first-order valence-electron chi connectivity index (χ1n) is 10.6. The SMILES string of the molecule is Cc1ncsc1C1=C(c2ccncc2)C(=O)c2cc(OCCCc3ccccc3)ccc21. The van der Waals surface area contributed by atoms with Gasteiger partial charge in [0.25, 0.3) is 0 Å². The summed E-state index contributed by atoms with van der Waals surface area (Å²) in [7, 11) is 0. The number of aromatic nitrogens is 2. The van der Waals surface area contributed by atoms with Crippen LogP contribution in [0.1, 0.15) is 44.0 Å². The topological polar surface area (TPSA) is 52.1 Å². The van der Waals surface area contributed by atoms with Crippen LogP contribution in [0.4, 0.5) is 0 Å². The minimum atomic E-state index is 0.0173. The molecule has 158 valence electrons. The highest BCUT2D eigenvalue weighted by atomic mass is 32.1. The average molecular weight is 439 g/mol. The number of thiazole rings is 1. The minimum Gasteiger partial charge on any atom is -0.494 e. The van der Waals surface area contributed by atoms with Crippen molar-refractivity contribution in [2.45, 2.75) is 19.8 Å². The minimum absolute atomic E-state index is 0.0173. The number of carbonyl (C=O) groups is 1. The van der Waals surface area contributed by atoms with E-state index < -0.39 is 0 Å². The normalized spacial score (nSPS) is 12.8. The molecule has 4 nitrogen and oxygen atoms in total. The van der Waals surface area contributed by atoms with E-state index in [0.717, 1.165) is 45.9 Å². The molecule has 0 saturated carbocycles. The lowest BCUT2D eigenvalue weighted by molar-refractivity contribution is 0.105. The van der Waals surface area contributed by atoms with Crippen LogP contribution < -0.4 is 4.74 Å². The second kappa shape index (κ2) is 8.89. The van der Waals surface area contributed by atoms with Gasteiger partial charge in [-0.15, -0.1) is 11.3 Å². The Morgan fingerprint density at radius 3 is 2.50 bits per heavy atom. The zero-order valence-corrected chi connectivity index (χ0v) is 18.6. The van der Waals surface area contributed by atoms with Crippen molar-refractivity contribution < 1.29 is 9.53 Å². The number of allylic oxidation sites excluding steroid dienone is 1. The molecule has 0 radical (unpaired) electrons. The first kappa shape index (κ1) is 20.3. The lowest BCUT2D eigenvalue weighted by Gasteiger charge is -2.09. The number of fused-ring (bicyclic) bond motifs is 1. The Bertz CT molecular complexity index is 1290. The van der Waals surface area contributed by atoms with E-state index >= 15 is 0 Å². The fraction of sp³-hybridized carbons (Fsp3) is 0.148. The molecule has 0 aliphatic heterocycles. The molecule has 2 aromatic carbocycles. The molecule has 1 aliphatic carbocycles. The third-order valence-corrected chi connectivity index (χ3v) is 6.59. The van der Waals surface area contributed by atoms with Gasteiger partial charge in [0.05, 0.1) is 22.7 Å². The summed E-state index contributed by atoms with van der Waals surface area (Å²) in [6.45, 7) is 2.59. The number of nitrogens with zero attached hydrogens (tertiary/aromatic N) is 2. The fourth-order valence-electron chi connectivity index (χ4n) is 4.08. The number of Topliss-reactive ketones (excluding diaryl/α,β-unsaturated/α-hetero) is 1. The molecule has 4 aromatic rings. The van der Waals surface area contributed by atoms with Gasteiger partial charge in [0, 0.05) is 29.1 Å². The monoisotopic (exact) mass is 438 g/mol. The largest absolute Gasteiger partial charge is 0.494 e. The third kappa shape index (κ3) is 3.87. The van der Waals surface area contributed by atoms with Crippen molar-refractivity contribution in [3.63, 3.8) is 0 Å². The molecule has 32 heavy (non-hydrogen) atoms. The smallest absolute Gasteiger partial charge is 0.195 e. The summed E-state index contributed by atoms with van der Waals surface area (Å²) in [5, 5.41) is 0. The maximum Gasteiger partial charge on any atom is 0.195 e. The van der Waals surface area contributed by atoms with Crippen molar-refractivity contribution in [1.82, 2.24) is 9.97 Å². The molecular formula is C27H22N2O2S. The predicted octanol–water partition coefficient (Wildman–Crippen LogP) is 6.01. The first-order chi connectivity index (χ1) is 15.7. The molecule has 0 unspecified atom stereocenters. The van der Waals surface area contributed by atoms with Crippen molar-refractivity contribution in [3.8, 4) is 5.75 Å². The van der Waals surface area contributed by atoms with Crippen molar-refractivity contribution in [1.29, 1.82) is 0 Å². The summed E-state index contributed by atoms with van der Waals surface area (Å²) in [4.78, 5) is 23.1. The number of aryl methyl sites for hydroxylation is 2. The second-order valence-corrected chi connectivity index (χ2v) is 8.58. The Kier molecular flexibility index (Phi) is 5.65. The number of hydrogen-bond donors (Lipinski definition) is 0. The van der Waals surface area contributed by atoms with Crippen LogP contribution in [-0.2, 0) is 6.42 Å². The summed E-state index contributed by atoms with van der Waals surface area (Å²) in [6.07, 6.45) is 5.32. The molecule has 1 aliphatic rings. The molecule has 0 amide bonds. The predicted molar refractivity (Wildman–Crippen MR) is 128 cm³/mol. The van der Waals surface area contributed by atoms with Gasteiger partial charge < -0.3 is 4.74 Å². The molecule has 0 saturated heterocycles. The number of pyridine rings is 1. The van der Waals surface area contributed by atoms with Gasteiger partial charge in [-0.3, -0.25) is 9.78 Å². The Labute approximate surface area is 191 Å². The van der Waals surface area contributed by atoms with E-state index in [1.165, 1.54) is 5.56 Å². The lowest BCUT2D eigenvalue weighted by atomic mass is 9.99. The van der Waals surface area contributed by atoms with Crippen LogP contribution in [0.5, 0.6) is 5.75 Å². The molecule has 0 N–H and O–H groups in total. The van der Waals surface area contributed by atoms with Gasteiger partial charge in [0.1, 0.15) is 5.75 Å². The van der Waals surface area contributed by atoms with Crippen molar-refractivity contribution in [2.24, 2.45) is 0 Å². The fourth-order valence-corrected chi connectivity index (χ4v) is 4.95. The van der Waals surface area contributed by atoms with E-state index in [1.54, 1.807) is 23.7 Å².